The van der Waals surface area contributed by atoms with Gasteiger partial charge < -0.3 is 5.32 Å². The molecule has 1 N–H and O–H groups in total. The van der Waals surface area contributed by atoms with E-state index >= 15 is 0 Å². The van der Waals surface area contributed by atoms with Crippen molar-refractivity contribution in [1.82, 2.24) is 10.3 Å². The molecule has 5 heteroatoms. The van der Waals surface area contributed by atoms with Gasteiger partial charge in [0, 0.05) is 12.2 Å². The highest BCUT2D eigenvalue weighted by Gasteiger charge is 2.17. The minimum Gasteiger partial charge on any atom is -0.355 e. The number of aryl methyl sites for hydroxylation is 2. The lowest BCUT2D eigenvalue weighted by Gasteiger charge is -2.08. The molecule has 0 unspecified atom stereocenters. The third kappa shape index (κ3) is 4.15. The van der Waals surface area contributed by atoms with Gasteiger partial charge in [-0.1, -0.05) is 42.1 Å². The number of nitrogens with one attached hydrogen (secondary N) is 1. The van der Waals surface area contributed by atoms with Gasteiger partial charge in [0.15, 0.2) is 0 Å². The molecule has 24 heavy (non-hydrogen) atoms. The molecule has 1 heterocycles. The molecule has 1 aromatic carbocycles. The summed E-state index contributed by atoms with van der Waals surface area (Å²) in [4.78, 5) is 16.6. The van der Waals surface area contributed by atoms with E-state index in [1.54, 1.807) is 0 Å². The number of thioether (sulfide) groups is 1. The van der Waals surface area contributed by atoms with Crippen molar-refractivity contribution in [1.29, 1.82) is 5.26 Å². The number of rotatable bonds is 6. The Morgan fingerprint density at radius 2 is 2.12 bits per heavy atom. The second-order valence-electron chi connectivity index (χ2n) is 5.79. The molecular weight excluding hydrogens is 318 g/mol. The Balaban J connectivity index is 1.50. The highest BCUT2D eigenvalue weighted by Crippen LogP contribution is 2.27. The highest BCUT2D eigenvalue weighted by molar-refractivity contribution is 8.00. The lowest BCUT2D eigenvalue weighted by Crippen LogP contribution is -2.27. The number of benzene rings is 1. The number of nitriles is 1. The molecule has 1 aliphatic rings. The van der Waals surface area contributed by atoms with Crippen molar-refractivity contribution in [2.75, 3.05) is 12.3 Å². The monoisotopic (exact) mass is 337 g/mol. The second kappa shape index (κ2) is 7.98. The quantitative estimate of drug-likeness (QED) is 0.823. The molecule has 122 valence electrons. The molecule has 0 fully saturated rings. The van der Waals surface area contributed by atoms with Crippen LogP contribution in [0, 0.1) is 11.3 Å². The molecule has 0 bridgehead atoms. The average molecular weight is 337 g/mol. The zero-order chi connectivity index (χ0) is 16.8. The van der Waals surface area contributed by atoms with Crippen LogP contribution in [0.25, 0.3) is 0 Å². The number of nitrogens with zero attached hydrogens (tertiary/aromatic N) is 2. The van der Waals surface area contributed by atoms with Crippen molar-refractivity contribution in [2.24, 2.45) is 0 Å². The topological polar surface area (TPSA) is 65.8 Å². The normalized spacial score (nSPS) is 12.5. The van der Waals surface area contributed by atoms with E-state index < -0.39 is 0 Å². The van der Waals surface area contributed by atoms with E-state index in [4.69, 9.17) is 0 Å². The summed E-state index contributed by atoms with van der Waals surface area (Å²) in [5, 5.41) is 12.9. The van der Waals surface area contributed by atoms with Crippen LogP contribution in [0.15, 0.2) is 41.4 Å². The minimum absolute atomic E-state index is 0.0258. The number of aromatic nitrogens is 1. The molecule has 3 rings (SSSR count). The van der Waals surface area contributed by atoms with Crippen molar-refractivity contribution in [3.8, 4) is 6.07 Å². The van der Waals surface area contributed by atoms with Crippen LogP contribution in [0.4, 0.5) is 0 Å². The molecule has 0 spiro atoms. The van der Waals surface area contributed by atoms with Crippen molar-refractivity contribution in [3.05, 3.63) is 58.8 Å². The lowest BCUT2D eigenvalue weighted by atomic mass is 10.1. The molecule has 0 atom stereocenters. The van der Waals surface area contributed by atoms with Gasteiger partial charge in [0.25, 0.3) is 0 Å². The van der Waals surface area contributed by atoms with Gasteiger partial charge in [-0.3, -0.25) is 4.79 Å². The van der Waals surface area contributed by atoms with Gasteiger partial charge in [-0.2, -0.15) is 5.26 Å². The van der Waals surface area contributed by atoms with E-state index in [0.717, 1.165) is 31.4 Å². The molecule has 1 amide bonds. The first kappa shape index (κ1) is 16.5. The van der Waals surface area contributed by atoms with E-state index in [0.29, 0.717) is 17.1 Å². The standard InChI is InChI=1S/C19H19N3OS/c20-12-16-11-15-7-4-8-17(15)22-19(16)24-13-18(23)21-10-9-14-5-2-1-3-6-14/h1-3,5-6,11H,4,7-10,13H2,(H,21,23). The Morgan fingerprint density at radius 1 is 1.29 bits per heavy atom. The Morgan fingerprint density at radius 3 is 2.92 bits per heavy atom. The number of pyridine rings is 1. The molecule has 0 saturated heterocycles. The Kier molecular flexibility index (Phi) is 5.50. The predicted octanol–water partition coefficient (Wildman–Crippen LogP) is 2.89. The van der Waals surface area contributed by atoms with Crippen LogP contribution >= 0.6 is 11.8 Å². The third-order valence-corrected chi connectivity index (χ3v) is 5.05. The first-order chi connectivity index (χ1) is 11.8. The van der Waals surface area contributed by atoms with Crippen LogP contribution < -0.4 is 5.32 Å². The average Bonchev–Trinajstić information content (AvgIpc) is 3.07. The largest absolute Gasteiger partial charge is 0.355 e. The number of carbonyl (C=O) groups is 1. The SMILES string of the molecule is N#Cc1cc2c(nc1SCC(=O)NCCc1ccccc1)CCC2. The number of hydrogen-bond donors (Lipinski definition) is 1. The van der Waals surface area contributed by atoms with Gasteiger partial charge in [0.05, 0.1) is 11.3 Å². The van der Waals surface area contributed by atoms with Gasteiger partial charge >= 0.3 is 0 Å². The maximum atomic E-state index is 12.0. The fraction of sp³-hybridized carbons (Fsp3) is 0.316. The molecule has 4 nitrogen and oxygen atoms in total. The summed E-state index contributed by atoms with van der Waals surface area (Å²) in [5.74, 6) is 0.261. The van der Waals surface area contributed by atoms with Gasteiger partial charge in [0.1, 0.15) is 11.1 Å². The zero-order valence-corrected chi connectivity index (χ0v) is 14.2. The summed E-state index contributed by atoms with van der Waals surface area (Å²) < 4.78 is 0. The number of amides is 1. The zero-order valence-electron chi connectivity index (χ0n) is 13.4. The molecule has 1 aliphatic carbocycles. The maximum Gasteiger partial charge on any atom is 0.230 e. The summed E-state index contributed by atoms with van der Waals surface area (Å²) in [6, 6.07) is 14.2. The van der Waals surface area contributed by atoms with Crippen molar-refractivity contribution in [3.63, 3.8) is 0 Å². The minimum atomic E-state index is -0.0258. The van der Waals surface area contributed by atoms with E-state index in [1.165, 1.54) is 22.9 Å². The van der Waals surface area contributed by atoms with Crippen LogP contribution in [-0.2, 0) is 24.1 Å². The van der Waals surface area contributed by atoms with E-state index in [9.17, 15) is 10.1 Å². The van der Waals surface area contributed by atoms with Gasteiger partial charge in [-0.15, -0.1) is 0 Å². The Bertz CT molecular complexity index is 768. The number of fused-ring (bicyclic) bond motifs is 1. The van der Waals surface area contributed by atoms with Crippen LogP contribution in [0.2, 0.25) is 0 Å². The highest BCUT2D eigenvalue weighted by atomic mass is 32.2. The molecule has 0 saturated carbocycles. The summed E-state index contributed by atoms with van der Waals surface area (Å²) in [6.07, 6.45) is 3.89. The Labute approximate surface area is 146 Å². The summed E-state index contributed by atoms with van der Waals surface area (Å²) >= 11 is 1.35. The first-order valence-electron chi connectivity index (χ1n) is 8.12. The molecule has 1 aromatic heterocycles. The van der Waals surface area contributed by atoms with Crippen LogP contribution in [0.3, 0.4) is 0 Å². The van der Waals surface area contributed by atoms with Crippen molar-refractivity contribution >= 4 is 17.7 Å². The third-order valence-electron chi connectivity index (χ3n) is 4.05. The molecular formula is C19H19N3OS. The van der Waals surface area contributed by atoms with Crippen LogP contribution in [0.5, 0.6) is 0 Å². The number of carbonyl (C=O) groups excluding carboxylic acids is 1. The van der Waals surface area contributed by atoms with Crippen LogP contribution in [-0.4, -0.2) is 23.2 Å². The number of hydrogen-bond acceptors (Lipinski definition) is 4. The fourth-order valence-electron chi connectivity index (χ4n) is 2.82. The van der Waals surface area contributed by atoms with Crippen molar-refractivity contribution in [2.45, 2.75) is 30.7 Å². The van der Waals surface area contributed by atoms with E-state index in [-0.39, 0.29) is 11.7 Å². The molecule has 2 aromatic rings. The predicted molar refractivity (Wildman–Crippen MR) is 94.9 cm³/mol. The van der Waals surface area contributed by atoms with Gasteiger partial charge in [-0.05, 0) is 42.9 Å². The molecule has 0 aliphatic heterocycles. The second-order valence-corrected chi connectivity index (χ2v) is 6.75. The van der Waals surface area contributed by atoms with Gasteiger partial charge in [0.2, 0.25) is 5.91 Å². The fourth-order valence-corrected chi connectivity index (χ4v) is 3.62. The summed E-state index contributed by atoms with van der Waals surface area (Å²) in [7, 11) is 0. The Hall–Kier alpha value is -2.32. The molecule has 0 radical (unpaired) electrons. The summed E-state index contributed by atoms with van der Waals surface area (Å²) in [5.41, 5.74) is 4.06. The van der Waals surface area contributed by atoms with Gasteiger partial charge in [-0.25, -0.2) is 4.98 Å². The van der Waals surface area contributed by atoms with E-state index in [1.807, 2.05) is 24.3 Å². The lowest BCUT2D eigenvalue weighted by molar-refractivity contribution is -0.118. The maximum absolute atomic E-state index is 12.0. The summed E-state index contributed by atoms with van der Waals surface area (Å²) in [6.45, 7) is 0.617. The van der Waals surface area contributed by atoms with Crippen LogP contribution in [0.1, 0.15) is 28.8 Å². The van der Waals surface area contributed by atoms with Crippen molar-refractivity contribution < 1.29 is 4.79 Å². The first-order valence-corrected chi connectivity index (χ1v) is 9.11. The smallest absolute Gasteiger partial charge is 0.230 e. The van der Waals surface area contributed by atoms with E-state index in [2.05, 4.69) is 28.5 Å².